The van der Waals surface area contributed by atoms with Gasteiger partial charge in [-0.05, 0) is 25.1 Å². The number of carbonyl (C=O) groups excluding carboxylic acids is 1. The maximum atomic E-state index is 13.6. The van der Waals surface area contributed by atoms with Crippen LogP contribution in [0, 0.1) is 18.6 Å². The van der Waals surface area contributed by atoms with Crippen LogP contribution in [0.3, 0.4) is 0 Å². The third-order valence-electron chi connectivity index (χ3n) is 3.13. The molecule has 7 heteroatoms. The lowest BCUT2D eigenvalue weighted by Crippen LogP contribution is -2.13. The Hall–Kier alpha value is -2.67. The number of halogens is 2. The van der Waals surface area contributed by atoms with Gasteiger partial charge >= 0.3 is 0 Å². The molecule has 0 bridgehead atoms. The van der Waals surface area contributed by atoms with E-state index >= 15 is 0 Å². The van der Waals surface area contributed by atoms with Crippen molar-refractivity contribution in [2.45, 2.75) is 6.92 Å². The highest BCUT2D eigenvalue weighted by atomic mass is 32.1. The molecule has 0 saturated heterocycles. The largest absolute Gasteiger partial charge is 0.296 e. The van der Waals surface area contributed by atoms with Crippen LogP contribution in [0.2, 0.25) is 0 Å². The minimum Gasteiger partial charge on any atom is -0.296 e. The van der Waals surface area contributed by atoms with Crippen molar-refractivity contribution in [2.75, 3.05) is 5.32 Å². The molecular weight excluding hydrogens is 320 g/mol. The van der Waals surface area contributed by atoms with Crippen molar-refractivity contribution < 1.29 is 13.6 Å². The van der Waals surface area contributed by atoms with E-state index in [1.54, 1.807) is 0 Å². The average molecular weight is 331 g/mol. The summed E-state index contributed by atoms with van der Waals surface area (Å²) in [5, 5.41) is 2.64. The molecule has 0 aliphatic carbocycles. The lowest BCUT2D eigenvalue weighted by atomic mass is 10.1. The average Bonchev–Trinajstić information content (AvgIpc) is 2.99. The second-order valence-electron chi connectivity index (χ2n) is 4.87. The number of hydrogen-bond acceptors (Lipinski definition) is 4. The number of aromatic nitrogens is 2. The van der Waals surface area contributed by atoms with Gasteiger partial charge in [0.05, 0.1) is 5.56 Å². The molecule has 0 fully saturated rings. The first-order valence-electron chi connectivity index (χ1n) is 6.70. The first-order valence-corrected chi connectivity index (χ1v) is 7.47. The van der Waals surface area contributed by atoms with Crippen molar-refractivity contribution in [1.82, 2.24) is 9.36 Å². The molecule has 0 aliphatic rings. The van der Waals surface area contributed by atoms with Crippen molar-refractivity contribution in [1.29, 1.82) is 0 Å². The molecule has 3 rings (SSSR count). The third kappa shape index (κ3) is 3.40. The standard InChI is InChI=1S/C16H11F2N3OS/c1-9-2-4-10(5-3-9)14-19-16(23-21-14)20-15(22)12-8-11(17)6-7-13(12)18/h2-8H,1H3,(H,19,20,21,22). The first-order chi connectivity index (χ1) is 11.0. The van der Waals surface area contributed by atoms with E-state index in [-0.39, 0.29) is 10.7 Å². The highest BCUT2D eigenvalue weighted by molar-refractivity contribution is 7.10. The summed E-state index contributed by atoms with van der Waals surface area (Å²) in [5.41, 5.74) is 1.54. The SMILES string of the molecule is Cc1ccc(-c2nsc(NC(=O)c3cc(F)ccc3F)n2)cc1. The van der Waals surface area contributed by atoms with Gasteiger partial charge in [0, 0.05) is 17.1 Å². The molecule has 1 amide bonds. The van der Waals surface area contributed by atoms with Gasteiger partial charge in [-0.15, -0.1) is 0 Å². The Bertz CT molecular complexity index is 862. The Labute approximate surface area is 135 Å². The molecule has 0 aliphatic heterocycles. The monoisotopic (exact) mass is 331 g/mol. The smallest absolute Gasteiger partial charge is 0.260 e. The topological polar surface area (TPSA) is 54.9 Å². The number of rotatable bonds is 3. The van der Waals surface area contributed by atoms with E-state index in [0.717, 1.165) is 40.9 Å². The van der Waals surface area contributed by atoms with Crippen LogP contribution in [0.4, 0.5) is 13.9 Å². The Kier molecular flexibility index (Phi) is 4.12. The van der Waals surface area contributed by atoms with Gasteiger partial charge < -0.3 is 0 Å². The van der Waals surface area contributed by atoms with Crippen LogP contribution in [-0.2, 0) is 0 Å². The molecule has 4 nitrogen and oxygen atoms in total. The zero-order valence-corrected chi connectivity index (χ0v) is 12.8. The molecule has 23 heavy (non-hydrogen) atoms. The lowest BCUT2D eigenvalue weighted by Gasteiger charge is -2.02. The summed E-state index contributed by atoms with van der Waals surface area (Å²) in [5.74, 6) is -1.79. The summed E-state index contributed by atoms with van der Waals surface area (Å²) in [4.78, 5) is 16.2. The van der Waals surface area contributed by atoms with E-state index in [1.165, 1.54) is 0 Å². The number of anilines is 1. The van der Waals surface area contributed by atoms with E-state index in [9.17, 15) is 13.6 Å². The number of carbonyl (C=O) groups is 1. The van der Waals surface area contributed by atoms with Gasteiger partial charge in [0.1, 0.15) is 11.6 Å². The molecule has 1 aromatic heterocycles. The highest BCUT2D eigenvalue weighted by Crippen LogP contribution is 2.22. The van der Waals surface area contributed by atoms with Crippen molar-refractivity contribution in [3.63, 3.8) is 0 Å². The normalized spacial score (nSPS) is 10.6. The van der Waals surface area contributed by atoms with Gasteiger partial charge in [-0.25, -0.2) is 8.78 Å². The van der Waals surface area contributed by atoms with Crippen molar-refractivity contribution >= 4 is 22.6 Å². The van der Waals surface area contributed by atoms with Gasteiger partial charge in [0.25, 0.3) is 5.91 Å². The van der Waals surface area contributed by atoms with Crippen LogP contribution in [0.15, 0.2) is 42.5 Å². The lowest BCUT2D eigenvalue weighted by molar-refractivity contribution is 0.102. The molecule has 0 saturated carbocycles. The Morgan fingerprint density at radius 2 is 1.87 bits per heavy atom. The maximum Gasteiger partial charge on any atom is 0.260 e. The van der Waals surface area contributed by atoms with Crippen LogP contribution >= 0.6 is 11.5 Å². The van der Waals surface area contributed by atoms with Gasteiger partial charge in [0.2, 0.25) is 5.13 Å². The number of aryl methyl sites for hydroxylation is 1. The van der Waals surface area contributed by atoms with Gasteiger partial charge in [0.15, 0.2) is 5.82 Å². The number of nitrogens with zero attached hydrogens (tertiary/aromatic N) is 2. The van der Waals surface area contributed by atoms with Gasteiger partial charge in [-0.3, -0.25) is 10.1 Å². The summed E-state index contributed by atoms with van der Waals surface area (Å²) in [7, 11) is 0. The second-order valence-corrected chi connectivity index (χ2v) is 5.62. The zero-order chi connectivity index (χ0) is 16.4. The Balaban J connectivity index is 1.80. The maximum absolute atomic E-state index is 13.6. The summed E-state index contributed by atoms with van der Waals surface area (Å²) < 4.78 is 30.9. The molecule has 0 atom stereocenters. The van der Waals surface area contributed by atoms with E-state index < -0.39 is 17.5 Å². The van der Waals surface area contributed by atoms with Gasteiger partial charge in [-0.2, -0.15) is 9.36 Å². The quantitative estimate of drug-likeness (QED) is 0.788. The third-order valence-corrected chi connectivity index (χ3v) is 3.76. The summed E-state index contributed by atoms with van der Waals surface area (Å²) in [6, 6.07) is 10.3. The molecule has 0 unspecified atom stereocenters. The minimum absolute atomic E-state index is 0.217. The fourth-order valence-corrected chi connectivity index (χ4v) is 2.51. The van der Waals surface area contributed by atoms with Gasteiger partial charge in [-0.1, -0.05) is 29.8 Å². The van der Waals surface area contributed by atoms with E-state index in [2.05, 4.69) is 14.7 Å². The summed E-state index contributed by atoms with van der Waals surface area (Å²) in [6.45, 7) is 1.97. The van der Waals surface area contributed by atoms with Crippen LogP contribution in [0.5, 0.6) is 0 Å². The Morgan fingerprint density at radius 3 is 2.61 bits per heavy atom. The number of amides is 1. The zero-order valence-electron chi connectivity index (χ0n) is 12.0. The molecule has 0 spiro atoms. The van der Waals surface area contributed by atoms with Crippen molar-refractivity contribution in [3.8, 4) is 11.4 Å². The molecule has 1 heterocycles. The number of nitrogens with one attached hydrogen (secondary N) is 1. The van der Waals surface area contributed by atoms with Crippen LogP contribution in [0.25, 0.3) is 11.4 Å². The molecule has 1 N–H and O–H groups in total. The summed E-state index contributed by atoms with van der Waals surface area (Å²) in [6.07, 6.45) is 0. The van der Waals surface area contributed by atoms with Crippen molar-refractivity contribution in [3.05, 3.63) is 65.2 Å². The van der Waals surface area contributed by atoms with E-state index in [1.807, 2.05) is 31.2 Å². The van der Waals surface area contributed by atoms with E-state index in [4.69, 9.17) is 0 Å². The molecule has 0 radical (unpaired) electrons. The van der Waals surface area contributed by atoms with Crippen molar-refractivity contribution in [2.24, 2.45) is 0 Å². The van der Waals surface area contributed by atoms with E-state index in [0.29, 0.717) is 5.82 Å². The highest BCUT2D eigenvalue weighted by Gasteiger charge is 2.15. The minimum atomic E-state index is -0.799. The Morgan fingerprint density at radius 1 is 1.13 bits per heavy atom. The summed E-state index contributed by atoms with van der Waals surface area (Å²) >= 11 is 0.972. The predicted octanol–water partition coefficient (Wildman–Crippen LogP) is 4.04. The molecule has 3 aromatic rings. The molecule has 116 valence electrons. The number of hydrogen-bond donors (Lipinski definition) is 1. The number of benzene rings is 2. The molecular formula is C16H11F2N3OS. The molecule has 2 aromatic carbocycles. The first kappa shape index (κ1) is 15.2. The second kappa shape index (κ2) is 6.21. The fraction of sp³-hybridized carbons (Fsp3) is 0.0625. The fourth-order valence-electron chi connectivity index (χ4n) is 1.93. The van der Waals surface area contributed by atoms with Crippen LogP contribution < -0.4 is 5.32 Å². The van der Waals surface area contributed by atoms with Crippen LogP contribution in [-0.4, -0.2) is 15.3 Å². The predicted molar refractivity (Wildman–Crippen MR) is 84.4 cm³/mol. The van der Waals surface area contributed by atoms with Crippen LogP contribution in [0.1, 0.15) is 15.9 Å².